The van der Waals surface area contributed by atoms with Gasteiger partial charge in [0.2, 0.25) is 11.8 Å². The summed E-state index contributed by atoms with van der Waals surface area (Å²) in [6.45, 7) is 10.5. The van der Waals surface area contributed by atoms with Gasteiger partial charge in [-0.15, -0.1) is 0 Å². The molecular weight excluding hydrogens is 376 g/mol. The number of hydrogen-bond donors (Lipinski definition) is 2. The van der Waals surface area contributed by atoms with Gasteiger partial charge in [-0.3, -0.25) is 20.6 Å². The van der Waals surface area contributed by atoms with E-state index in [1.807, 2.05) is 49.1 Å². The Kier molecular flexibility index (Phi) is 7.19. The van der Waals surface area contributed by atoms with Gasteiger partial charge in [-0.25, -0.2) is 0 Å². The van der Waals surface area contributed by atoms with E-state index in [9.17, 15) is 9.59 Å². The van der Waals surface area contributed by atoms with Crippen LogP contribution in [0.3, 0.4) is 0 Å². The Morgan fingerprint density at radius 1 is 1.20 bits per heavy atom. The number of piperidine rings is 1. The van der Waals surface area contributed by atoms with Crippen molar-refractivity contribution >= 4 is 11.8 Å². The molecular formula is C24H38N4O2. The Labute approximate surface area is 181 Å². The van der Waals surface area contributed by atoms with Gasteiger partial charge in [-0.2, -0.15) is 0 Å². The van der Waals surface area contributed by atoms with Gasteiger partial charge in [-0.05, 0) is 56.9 Å². The first-order valence-electron chi connectivity index (χ1n) is 11.4. The lowest BCUT2D eigenvalue weighted by molar-refractivity contribution is -0.133. The molecule has 0 bridgehead atoms. The fourth-order valence-electron chi connectivity index (χ4n) is 5.03. The second kappa shape index (κ2) is 9.48. The molecule has 2 saturated heterocycles. The Morgan fingerprint density at radius 3 is 2.43 bits per heavy atom. The fraction of sp³-hybridized carbons (Fsp3) is 0.667. The highest BCUT2D eigenvalue weighted by atomic mass is 16.2. The van der Waals surface area contributed by atoms with Crippen LogP contribution >= 0.6 is 0 Å². The van der Waals surface area contributed by atoms with Crippen LogP contribution in [-0.4, -0.2) is 53.1 Å². The van der Waals surface area contributed by atoms with Crippen molar-refractivity contribution in [3.05, 3.63) is 35.9 Å². The molecule has 0 aliphatic carbocycles. The maximum atomic E-state index is 12.9. The van der Waals surface area contributed by atoms with E-state index in [1.165, 1.54) is 0 Å². The molecule has 6 heteroatoms. The van der Waals surface area contributed by atoms with Gasteiger partial charge < -0.3 is 9.80 Å². The van der Waals surface area contributed by atoms with Crippen LogP contribution in [0.4, 0.5) is 0 Å². The van der Waals surface area contributed by atoms with Crippen molar-refractivity contribution in [2.75, 3.05) is 19.6 Å². The van der Waals surface area contributed by atoms with Crippen LogP contribution in [0.2, 0.25) is 0 Å². The van der Waals surface area contributed by atoms with Gasteiger partial charge in [0.1, 0.15) is 6.29 Å². The van der Waals surface area contributed by atoms with Gasteiger partial charge in [0.15, 0.2) is 0 Å². The Morgan fingerprint density at radius 2 is 1.83 bits per heavy atom. The van der Waals surface area contributed by atoms with Gasteiger partial charge >= 0.3 is 0 Å². The van der Waals surface area contributed by atoms with E-state index in [2.05, 4.69) is 19.2 Å². The molecule has 6 nitrogen and oxygen atoms in total. The predicted octanol–water partition coefficient (Wildman–Crippen LogP) is 2.90. The van der Waals surface area contributed by atoms with Crippen molar-refractivity contribution in [2.45, 2.75) is 71.1 Å². The summed E-state index contributed by atoms with van der Waals surface area (Å²) in [6, 6.07) is 9.98. The monoisotopic (exact) mass is 414 g/mol. The van der Waals surface area contributed by atoms with Crippen molar-refractivity contribution in [3.8, 4) is 0 Å². The summed E-state index contributed by atoms with van der Waals surface area (Å²) in [6.07, 6.45) is 3.29. The molecule has 0 aromatic heterocycles. The zero-order valence-electron chi connectivity index (χ0n) is 18.9. The first kappa shape index (κ1) is 22.8. The van der Waals surface area contributed by atoms with Crippen LogP contribution < -0.4 is 11.1 Å². The minimum Gasteiger partial charge on any atom is -0.342 e. The molecule has 3 rings (SSSR count). The highest BCUT2D eigenvalue weighted by Crippen LogP contribution is 2.28. The molecule has 2 fully saturated rings. The molecule has 2 aliphatic heterocycles. The number of carbonyl (C=O) groups excluding carboxylic acids is 2. The predicted molar refractivity (Wildman–Crippen MR) is 119 cm³/mol. The highest BCUT2D eigenvalue weighted by Gasteiger charge is 2.46. The van der Waals surface area contributed by atoms with E-state index >= 15 is 0 Å². The van der Waals surface area contributed by atoms with Crippen molar-refractivity contribution in [1.29, 1.82) is 0 Å². The average Bonchev–Trinajstić information content (AvgIpc) is 2.93. The average molecular weight is 415 g/mol. The van der Waals surface area contributed by atoms with E-state index in [4.69, 9.17) is 5.73 Å². The van der Waals surface area contributed by atoms with Crippen molar-refractivity contribution in [1.82, 2.24) is 15.1 Å². The Bertz CT molecular complexity index is 730. The molecule has 3 atom stereocenters. The highest BCUT2D eigenvalue weighted by molar-refractivity contribution is 5.88. The second-order valence-electron chi connectivity index (χ2n) is 9.71. The topological polar surface area (TPSA) is 78.7 Å². The van der Waals surface area contributed by atoms with E-state index in [-0.39, 0.29) is 17.7 Å². The summed E-state index contributed by atoms with van der Waals surface area (Å²) in [7, 11) is 0. The number of nitrogens with two attached hydrogens (primary N) is 1. The molecule has 3 N–H and O–H groups in total. The van der Waals surface area contributed by atoms with E-state index in [0.717, 1.165) is 44.3 Å². The maximum Gasteiger partial charge on any atom is 0.244 e. The quantitative estimate of drug-likeness (QED) is 0.719. The molecule has 0 spiro atoms. The standard InChI is InChI=1S/C24H38N4O2/c1-17(2)16-24(4)22(30)28(23(25)26-24)15-12-19-10-13-27(14-11-19)21(29)18(3)20-8-6-5-7-9-20/h5-9,17-19,23,26H,10-16,25H2,1-4H3. The molecule has 3 unspecified atom stereocenters. The lowest BCUT2D eigenvalue weighted by Crippen LogP contribution is -2.48. The number of benzene rings is 1. The molecule has 1 aromatic carbocycles. The van der Waals surface area contributed by atoms with Gasteiger partial charge in [0.25, 0.3) is 0 Å². The van der Waals surface area contributed by atoms with Crippen molar-refractivity contribution < 1.29 is 9.59 Å². The number of carbonyl (C=O) groups is 2. The lowest BCUT2D eigenvalue weighted by atomic mass is 9.90. The fourth-order valence-corrected chi connectivity index (χ4v) is 5.03. The minimum atomic E-state index is -0.559. The number of likely N-dealkylation sites (tertiary alicyclic amines) is 1. The zero-order valence-corrected chi connectivity index (χ0v) is 18.9. The van der Waals surface area contributed by atoms with Gasteiger partial charge in [-0.1, -0.05) is 44.2 Å². The van der Waals surface area contributed by atoms with Gasteiger partial charge in [0.05, 0.1) is 11.5 Å². The van der Waals surface area contributed by atoms with Gasteiger partial charge in [0, 0.05) is 19.6 Å². The SMILES string of the molecule is CC(C)CC1(C)NC(N)N(CCC2CCN(C(=O)C(C)c3ccccc3)CC2)C1=O. The summed E-state index contributed by atoms with van der Waals surface area (Å²) >= 11 is 0. The molecule has 0 saturated carbocycles. The summed E-state index contributed by atoms with van der Waals surface area (Å²) in [4.78, 5) is 29.6. The first-order valence-corrected chi connectivity index (χ1v) is 11.4. The third-order valence-corrected chi connectivity index (χ3v) is 6.73. The lowest BCUT2D eigenvalue weighted by Gasteiger charge is -2.34. The molecule has 0 radical (unpaired) electrons. The molecule has 166 valence electrons. The second-order valence-corrected chi connectivity index (χ2v) is 9.71. The summed E-state index contributed by atoms with van der Waals surface area (Å²) < 4.78 is 0. The number of nitrogens with one attached hydrogen (secondary N) is 1. The molecule has 2 heterocycles. The van der Waals surface area contributed by atoms with E-state index < -0.39 is 11.8 Å². The maximum absolute atomic E-state index is 12.9. The van der Waals surface area contributed by atoms with Crippen LogP contribution in [0, 0.1) is 11.8 Å². The van der Waals surface area contributed by atoms with Crippen molar-refractivity contribution in [3.63, 3.8) is 0 Å². The smallest absolute Gasteiger partial charge is 0.244 e. The van der Waals surface area contributed by atoms with Crippen molar-refractivity contribution in [2.24, 2.45) is 17.6 Å². The van der Waals surface area contributed by atoms with Crippen LogP contribution in [0.5, 0.6) is 0 Å². The molecule has 2 amide bonds. The normalized spacial score (nSPS) is 26.5. The number of rotatable bonds is 7. The van der Waals surface area contributed by atoms with Crippen LogP contribution in [0.25, 0.3) is 0 Å². The van der Waals surface area contributed by atoms with Crippen LogP contribution in [-0.2, 0) is 9.59 Å². The largest absolute Gasteiger partial charge is 0.342 e. The minimum absolute atomic E-state index is 0.104. The Hall–Kier alpha value is -1.92. The molecule has 1 aromatic rings. The van der Waals surface area contributed by atoms with E-state index in [1.54, 1.807) is 4.90 Å². The third-order valence-electron chi connectivity index (χ3n) is 6.73. The first-order chi connectivity index (χ1) is 14.2. The number of hydrogen-bond acceptors (Lipinski definition) is 4. The van der Waals surface area contributed by atoms with Crippen LogP contribution in [0.1, 0.15) is 64.9 Å². The Balaban J connectivity index is 1.47. The van der Waals surface area contributed by atoms with E-state index in [0.29, 0.717) is 18.4 Å². The summed E-state index contributed by atoms with van der Waals surface area (Å²) in [5.74, 6) is 1.18. The summed E-state index contributed by atoms with van der Waals surface area (Å²) in [5, 5.41) is 3.30. The molecule has 2 aliphatic rings. The number of amides is 2. The zero-order chi connectivity index (χ0) is 21.9. The van der Waals surface area contributed by atoms with Crippen LogP contribution in [0.15, 0.2) is 30.3 Å². The molecule has 30 heavy (non-hydrogen) atoms. The number of nitrogens with zero attached hydrogens (tertiary/aromatic N) is 2. The third kappa shape index (κ3) is 5.03. The summed E-state index contributed by atoms with van der Waals surface area (Å²) in [5.41, 5.74) is 6.74.